The first-order valence-corrected chi connectivity index (χ1v) is 7.33. The second kappa shape index (κ2) is 10.0. The maximum Gasteiger partial charge on any atom is 0.150 e. The van der Waals surface area contributed by atoms with Gasteiger partial charge in [0.2, 0.25) is 0 Å². The topological polar surface area (TPSA) is 64.6 Å². The fourth-order valence-corrected chi connectivity index (χ4v) is 2.59. The van der Waals surface area contributed by atoms with Gasteiger partial charge < -0.3 is 14.8 Å². The molecular weight excluding hydrogens is 230 g/mol. The van der Waals surface area contributed by atoms with E-state index < -0.39 is 9.84 Å². The van der Waals surface area contributed by atoms with Crippen molar-refractivity contribution < 1.29 is 17.9 Å². The Morgan fingerprint density at radius 1 is 0.938 bits per heavy atom. The van der Waals surface area contributed by atoms with Crippen molar-refractivity contribution in [3.63, 3.8) is 0 Å². The normalized spacial score (nSPS) is 11.9. The Kier molecular flexibility index (Phi) is 9.91. The lowest BCUT2D eigenvalue weighted by molar-refractivity contribution is 0.199. The van der Waals surface area contributed by atoms with Crippen molar-refractivity contribution in [3.05, 3.63) is 0 Å². The molecule has 0 rings (SSSR count). The molecule has 5 nitrogen and oxygen atoms in total. The van der Waals surface area contributed by atoms with Gasteiger partial charge in [0, 0.05) is 27.4 Å². The van der Waals surface area contributed by atoms with Crippen LogP contribution >= 0.6 is 0 Å². The summed E-state index contributed by atoms with van der Waals surface area (Å²) in [5, 5.41) is 3.11. The lowest BCUT2D eigenvalue weighted by atomic mass is 10.5. The zero-order chi connectivity index (χ0) is 12.3. The lowest BCUT2D eigenvalue weighted by Crippen LogP contribution is -2.23. The minimum atomic E-state index is -2.90. The van der Waals surface area contributed by atoms with Crippen molar-refractivity contribution >= 4 is 9.84 Å². The average molecular weight is 253 g/mol. The first kappa shape index (κ1) is 15.8. The van der Waals surface area contributed by atoms with Crippen LogP contribution in [0, 0.1) is 0 Å². The molecule has 0 bridgehead atoms. The number of methoxy groups -OCH3 is 2. The predicted octanol–water partition coefficient (Wildman–Crippen LogP) is 0.0638. The standard InChI is InChI=1S/C10H23NO4S/c1-14-7-4-10-16(12,13)9-3-5-11-6-8-15-2/h11H,3-10H2,1-2H3. The number of hydrogen-bond acceptors (Lipinski definition) is 5. The van der Waals surface area contributed by atoms with Gasteiger partial charge >= 0.3 is 0 Å². The summed E-state index contributed by atoms with van der Waals surface area (Å²) < 4.78 is 32.6. The molecule has 1 N–H and O–H groups in total. The Labute approximate surface area is 98.4 Å². The Bertz CT molecular complexity index is 241. The Morgan fingerprint density at radius 3 is 2.19 bits per heavy atom. The molecule has 0 heterocycles. The molecule has 0 amide bonds. The number of rotatable bonds is 11. The summed E-state index contributed by atoms with van der Waals surface area (Å²) in [5.74, 6) is 0.468. The quantitative estimate of drug-likeness (QED) is 0.528. The molecule has 0 aliphatic rings. The molecule has 0 saturated carbocycles. The highest BCUT2D eigenvalue weighted by Gasteiger charge is 2.09. The summed E-state index contributed by atoms with van der Waals surface area (Å²) in [5.41, 5.74) is 0. The van der Waals surface area contributed by atoms with Gasteiger partial charge in [-0.15, -0.1) is 0 Å². The van der Waals surface area contributed by atoms with Crippen molar-refractivity contribution in [2.24, 2.45) is 0 Å². The monoisotopic (exact) mass is 253 g/mol. The van der Waals surface area contributed by atoms with E-state index in [9.17, 15) is 8.42 Å². The second-order valence-corrected chi connectivity index (χ2v) is 5.90. The van der Waals surface area contributed by atoms with Crippen LogP contribution in [0.15, 0.2) is 0 Å². The van der Waals surface area contributed by atoms with E-state index in [0.29, 0.717) is 32.6 Å². The molecule has 0 unspecified atom stereocenters. The SMILES string of the molecule is COCCCS(=O)(=O)CCCNCCOC. The van der Waals surface area contributed by atoms with Crippen molar-refractivity contribution in [1.29, 1.82) is 0 Å². The minimum Gasteiger partial charge on any atom is -0.385 e. The molecular formula is C10H23NO4S. The highest BCUT2D eigenvalue weighted by molar-refractivity contribution is 7.91. The van der Waals surface area contributed by atoms with Crippen LogP contribution in [-0.4, -0.2) is 60.4 Å². The molecule has 0 radical (unpaired) electrons. The highest BCUT2D eigenvalue weighted by Crippen LogP contribution is 1.96. The van der Waals surface area contributed by atoms with Crippen molar-refractivity contribution in [2.45, 2.75) is 12.8 Å². The Morgan fingerprint density at radius 2 is 1.56 bits per heavy atom. The molecule has 0 aromatic heterocycles. The zero-order valence-electron chi connectivity index (χ0n) is 10.2. The highest BCUT2D eigenvalue weighted by atomic mass is 32.2. The van der Waals surface area contributed by atoms with Gasteiger partial charge in [0.15, 0.2) is 0 Å². The van der Waals surface area contributed by atoms with Gasteiger partial charge in [-0.1, -0.05) is 0 Å². The maximum absolute atomic E-state index is 11.5. The fourth-order valence-electron chi connectivity index (χ4n) is 1.24. The smallest absolute Gasteiger partial charge is 0.150 e. The summed E-state index contributed by atoms with van der Waals surface area (Å²) in [7, 11) is 0.319. The molecule has 0 aromatic carbocycles. The van der Waals surface area contributed by atoms with E-state index in [-0.39, 0.29) is 11.5 Å². The van der Waals surface area contributed by atoms with Gasteiger partial charge in [0.1, 0.15) is 9.84 Å². The van der Waals surface area contributed by atoms with Crippen LogP contribution in [-0.2, 0) is 19.3 Å². The van der Waals surface area contributed by atoms with Crippen LogP contribution in [0.2, 0.25) is 0 Å². The summed E-state index contributed by atoms with van der Waals surface area (Å²) in [6.45, 7) is 2.64. The van der Waals surface area contributed by atoms with Crippen LogP contribution in [0.1, 0.15) is 12.8 Å². The third-order valence-corrected chi connectivity index (χ3v) is 3.92. The fraction of sp³-hybridized carbons (Fsp3) is 1.00. The van der Waals surface area contributed by atoms with Gasteiger partial charge in [-0.25, -0.2) is 8.42 Å². The van der Waals surface area contributed by atoms with Crippen LogP contribution in [0.5, 0.6) is 0 Å². The first-order valence-electron chi connectivity index (χ1n) is 5.51. The molecule has 0 atom stereocenters. The van der Waals surface area contributed by atoms with Crippen LogP contribution in [0.3, 0.4) is 0 Å². The third kappa shape index (κ3) is 10.4. The van der Waals surface area contributed by atoms with E-state index in [1.54, 1.807) is 14.2 Å². The van der Waals surface area contributed by atoms with E-state index in [1.807, 2.05) is 0 Å². The van der Waals surface area contributed by atoms with E-state index in [0.717, 1.165) is 6.54 Å². The third-order valence-electron chi connectivity index (χ3n) is 2.10. The van der Waals surface area contributed by atoms with Gasteiger partial charge in [-0.3, -0.25) is 0 Å². The molecule has 98 valence electrons. The minimum absolute atomic E-state index is 0.221. The number of nitrogens with one attached hydrogen (secondary N) is 1. The molecule has 0 aromatic rings. The second-order valence-electron chi connectivity index (χ2n) is 3.59. The van der Waals surface area contributed by atoms with Crippen LogP contribution in [0.4, 0.5) is 0 Å². The molecule has 0 saturated heterocycles. The Hall–Kier alpha value is -0.170. The molecule has 16 heavy (non-hydrogen) atoms. The van der Waals surface area contributed by atoms with Gasteiger partial charge in [0.25, 0.3) is 0 Å². The maximum atomic E-state index is 11.5. The Balaban J connectivity index is 3.43. The molecule has 0 aliphatic carbocycles. The predicted molar refractivity (Wildman–Crippen MR) is 64.5 cm³/mol. The van der Waals surface area contributed by atoms with Crippen molar-refractivity contribution in [1.82, 2.24) is 5.32 Å². The number of ether oxygens (including phenoxy) is 2. The summed E-state index contributed by atoms with van der Waals surface area (Å²) in [6.07, 6.45) is 1.23. The summed E-state index contributed by atoms with van der Waals surface area (Å²) in [6, 6.07) is 0. The number of hydrogen-bond donors (Lipinski definition) is 1. The molecule has 0 spiro atoms. The van der Waals surface area contributed by atoms with E-state index in [2.05, 4.69) is 5.32 Å². The summed E-state index contributed by atoms with van der Waals surface area (Å²) >= 11 is 0. The summed E-state index contributed by atoms with van der Waals surface area (Å²) in [4.78, 5) is 0. The largest absolute Gasteiger partial charge is 0.385 e. The van der Waals surface area contributed by atoms with E-state index >= 15 is 0 Å². The van der Waals surface area contributed by atoms with Crippen molar-refractivity contribution in [2.75, 3.05) is 52.0 Å². The van der Waals surface area contributed by atoms with E-state index in [1.165, 1.54) is 0 Å². The van der Waals surface area contributed by atoms with Crippen molar-refractivity contribution in [3.8, 4) is 0 Å². The van der Waals surface area contributed by atoms with Gasteiger partial charge in [0.05, 0.1) is 18.1 Å². The number of sulfone groups is 1. The zero-order valence-corrected chi connectivity index (χ0v) is 11.0. The molecule has 0 fully saturated rings. The van der Waals surface area contributed by atoms with Gasteiger partial charge in [-0.05, 0) is 19.4 Å². The molecule has 0 aliphatic heterocycles. The molecule has 6 heteroatoms. The first-order chi connectivity index (χ1) is 7.62. The van der Waals surface area contributed by atoms with Gasteiger partial charge in [-0.2, -0.15) is 0 Å². The van der Waals surface area contributed by atoms with Crippen LogP contribution < -0.4 is 5.32 Å². The van der Waals surface area contributed by atoms with Crippen LogP contribution in [0.25, 0.3) is 0 Å². The van der Waals surface area contributed by atoms with E-state index in [4.69, 9.17) is 9.47 Å². The average Bonchev–Trinajstić information content (AvgIpc) is 2.23. The lowest BCUT2D eigenvalue weighted by Gasteiger charge is -2.05.